The lowest BCUT2D eigenvalue weighted by Crippen LogP contribution is -2.20. The van der Waals surface area contributed by atoms with E-state index in [0.29, 0.717) is 29.9 Å². The number of benzene rings is 3. The first-order valence-electron chi connectivity index (χ1n) is 10.0. The smallest absolute Gasteiger partial charge is 0.200 e. The molecule has 0 amide bonds. The third kappa shape index (κ3) is 3.90. The average Bonchev–Trinajstić information content (AvgIpc) is 2.77. The van der Waals surface area contributed by atoms with Crippen LogP contribution in [0.3, 0.4) is 0 Å². The first-order chi connectivity index (χ1) is 14.6. The number of hydrogen-bond donors (Lipinski definition) is 0. The molecule has 0 aliphatic rings. The number of carbonyl (C=O) groups is 1. The zero-order chi connectivity index (χ0) is 21.1. The minimum absolute atomic E-state index is 0.171. The number of ether oxygens (including phenoxy) is 1. The van der Waals surface area contributed by atoms with E-state index >= 15 is 0 Å². The molecule has 0 aliphatic heterocycles. The standard InChI is InChI=1S/C26H23NO3/c1-3-30-21-14-12-20(13-15-21)25(28)23-17-27(16-19-10-8-18(2)9-11-19)24-7-5-4-6-22(24)26(23)29/h4-15,17H,3,16H2,1-2H3. The molecule has 0 saturated heterocycles. The van der Waals surface area contributed by atoms with Crippen LogP contribution < -0.4 is 10.2 Å². The number of aromatic nitrogens is 1. The van der Waals surface area contributed by atoms with Gasteiger partial charge in [0.05, 0.1) is 17.7 Å². The van der Waals surface area contributed by atoms with Crippen LogP contribution in [0.5, 0.6) is 5.75 Å². The van der Waals surface area contributed by atoms with Crippen LogP contribution in [0.2, 0.25) is 0 Å². The van der Waals surface area contributed by atoms with E-state index in [4.69, 9.17) is 4.74 Å². The molecule has 0 radical (unpaired) electrons. The van der Waals surface area contributed by atoms with Gasteiger partial charge >= 0.3 is 0 Å². The lowest BCUT2D eigenvalue weighted by Gasteiger charge is -2.14. The topological polar surface area (TPSA) is 48.3 Å². The summed E-state index contributed by atoms with van der Waals surface area (Å²) in [7, 11) is 0. The number of hydrogen-bond acceptors (Lipinski definition) is 3. The molecule has 0 unspecified atom stereocenters. The maximum atomic E-state index is 13.2. The fraction of sp³-hybridized carbons (Fsp3) is 0.154. The highest BCUT2D eigenvalue weighted by Gasteiger charge is 2.17. The van der Waals surface area contributed by atoms with Gasteiger partial charge in [0.15, 0.2) is 5.78 Å². The summed E-state index contributed by atoms with van der Waals surface area (Å²) in [4.78, 5) is 26.3. The third-order valence-corrected chi connectivity index (χ3v) is 5.13. The van der Waals surface area contributed by atoms with E-state index in [0.717, 1.165) is 11.1 Å². The van der Waals surface area contributed by atoms with Gasteiger partial charge in [-0.15, -0.1) is 0 Å². The second-order valence-electron chi connectivity index (χ2n) is 7.29. The Bertz CT molecular complexity index is 1250. The van der Waals surface area contributed by atoms with Crippen molar-refractivity contribution in [3.8, 4) is 5.75 Å². The van der Waals surface area contributed by atoms with Crippen LogP contribution in [0.4, 0.5) is 0 Å². The molecule has 3 aromatic carbocycles. The van der Waals surface area contributed by atoms with Gasteiger partial charge in [0.2, 0.25) is 5.43 Å². The Morgan fingerprint density at radius 1 is 0.933 bits per heavy atom. The minimum atomic E-state index is -0.286. The molecule has 0 fully saturated rings. The summed E-state index contributed by atoms with van der Waals surface area (Å²) >= 11 is 0. The van der Waals surface area contributed by atoms with Crippen LogP contribution in [-0.2, 0) is 6.54 Å². The van der Waals surface area contributed by atoms with Crippen molar-refractivity contribution in [3.05, 3.63) is 111 Å². The number of carbonyl (C=O) groups excluding carboxylic acids is 1. The van der Waals surface area contributed by atoms with Gasteiger partial charge in [0.25, 0.3) is 0 Å². The van der Waals surface area contributed by atoms with Crippen molar-refractivity contribution in [1.29, 1.82) is 0 Å². The van der Waals surface area contributed by atoms with E-state index in [1.165, 1.54) is 5.56 Å². The number of ketones is 1. The summed E-state index contributed by atoms with van der Waals surface area (Å²) in [5, 5.41) is 0.543. The molecular weight excluding hydrogens is 374 g/mol. The second-order valence-corrected chi connectivity index (χ2v) is 7.29. The molecule has 1 aromatic heterocycles. The molecular formula is C26H23NO3. The molecule has 4 aromatic rings. The fourth-order valence-electron chi connectivity index (χ4n) is 3.55. The lowest BCUT2D eigenvalue weighted by molar-refractivity contribution is 0.103. The van der Waals surface area contributed by atoms with Gasteiger partial charge in [0.1, 0.15) is 5.75 Å². The highest BCUT2D eigenvalue weighted by atomic mass is 16.5. The monoisotopic (exact) mass is 397 g/mol. The van der Waals surface area contributed by atoms with Crippen molar-refractivity contribution < 1.29 is 9.53 Å². The molecule has 4 nitrogen and oxygen atoms in total. The number of rotatable bonds is 6. The van der Waals surface area contributed by atoms with Crippen LogP contribution in [-0.4, -0.2) is 17.0 Å². The van der Waals surface area contributed by atoms with E-state index in [2.05, 4.69) is 24.3 Å². The first kappa shape index (κ1) is 19.6. The predicted octanol–water partition coefficient (Wildman–Crippen LogP) is 4.99. The number of pyridine rings is 1. The average molecular weight is 397 g/mol. The maximum Gasteiger partial charge on any atom is 0.200 e. The molecule has 0 atom stereocenters. The summed E-state index contributed by atoms with van der Waals surface area (Å²) in [6.07, 6.45) is 1.68. The van der Waals surface area contributed by atoms with Crippen LogP contribution in [0.1, 0.15) is 34.0 Å². The van der Waals surface area contributed by atoms with Crippen LogP contribution in [0.15, 0.2) is 83.8 Å². The zero-order valence-corrected chi connectivity index (χ0v) is 17.1. The SMILES string of the molecule is CCOc1ccc(C(=O)c2cn(Cc3ccc(C)cc3)c3ccccc3c2=O)cc1. The third-order valence-electron chi connectivity index (χ3n) is 5.13. The molecule has 0 aliphatic carbocycles. The summed E-state index contributed by atoms with van der Waals surface area (Å²) in [5.74, 6) is 0.413. The molecule has 30 heavy (non-hydrogen) atoms. The Labute approximate surface area is 175 Å². The fourth-order valence-corrected chi connectivity index (χ4v) is 3.55. The van der Waals surface area contributed by atoms with Gasteiger partial charge in [-0.2, -0.15) is 0 Å². The molecule has 150 valence electrons. The minimum Gasteiger partial charge on any atom is -0.494 e. The first-order valence-corrected chi connectivity index (χ1v) is 10.0. The summed E-state index contributed by atoms with van der Waals surface area (Å²) in [5.41, 5.74) is 3.50. The van der Waals surface area contributed by atoms with Crippen molar-refractivity contribution in [2.75, 3.05) is 6.61 Å². The van der Waals surface area contributed by atoms with Crippen molar-refractivity contribution in [3.63, 3.8) is 0 Å². The Morgan fingerprint density at radius 2 is 1.63 bits per heavy atom. The maximum absolute atomic E-state index is 13.2. The number of nitrogens with zero attached hydrogens (tertiary/aromatic N) is 1. The molecule has 4 rings (SSSR count). The van der Waals surface area contributed by atoms with Crippen LogP contribution in [0, 0.1) is 6.92 Å². The second kappa shape index (κ2) is 8.37. The van der Waals surface area contributed by atoms with Crippen molar-refractivity contribution >= 4 is 16.7 Å². The summed E-state index contributed by atoms with van der Waals surface area (Å²) in [6, 6.07) is 22.6. The van der Waals surface area contributed by atoms with E-state index in [9.17, 15) is 9.59 Å². The molecule has 0 saturated carbocycles. The number of para-hydroxylation sites is 1. The van der Waals surface area contributed by atoms with E-state index in [-0.39, 0.29) is 16.8 Å². The Hall–Kier alpha value is -3.66. The highest BCUT2D eigenvalue weighted by Crippen LogP contribution is 2.18. The number of aryl methyl sites for hydroxylation is 1. The molecule has 0 bridgehead atoms. The van der Waals surface area contributed by atoms with Gasteiger partial charge in [-0.1, -0.05) is 42.0 Å². The molecule has 0 N–H and O–H groups in total. The Kier molecular flexibility index (Phi) is 5.48. The summed E-state index contributed by atoms with van der Waals surface area (Å²) < 4.78 is 7.42. The lowest BCUT2D eigenvalue weighted by atomic mass is 10.0. The highest BCUT2D eigenvalue weighted by molar-refractivity contribution is 6.10. The van der Waals surface area contributed by atoms with Crippen molar-refractivity contribution in [1.82, 2.24) is 4.57 Å². The number of fused-ring (bicyclic) bond motifs is 1. The van der Waals surface area contributed by atoms with E-state index < -0.39 is 0 Å². The van der Waals surface area contributed by atoms with Crippen molar-refractivity contribution in [2.45, 2.75) is 20.4 Å². The van der Waals surface area contributed by atoms with E-state index in [1.54, 1.807) is 36.5 Å². The summed E-state index contributed by atoms with van der Waals surface area (Å²) in [6.45, 7) is 5.09. The molecule has 4 heteroatoms. The Morgan fingerprint density at radius 3 is 2.33 bits per heavy atom. The van der Waals surface area contributed by atoms with Crippen LogP contribution >= 0.6 is 0 Å². The zero-order valence-electron chi connectivity index (χ0n) is 17.1. The normalized spacial score (nSPS) is 10.9. The molecule has 1 heterocycles. The Balaban J connectivity index is 1.79. The predicted molar refractivity (Wildman–Crippen MR) is 120 cm³/mol. The van der Waals surface area contributed by atoms with Gasteiger partial charge < -0.3 is 9.30 Å². The largest absolute Gasteiger partial charge is 0.494 e. The van der Waals surface area contributed by atoms with E-state index in [1.807, 2.05) is 36.6 Å². The molecule has 0 spiro atoms. The van der Waals surface area contributed by atoms with Gasteiger partial charge in [-0.05, 0) is 55.8 Å². The van der Waals surface area contributed by atoms with Crippen LogP contribution in [0.25, 0.3) is 10.9 Å². The van der Waals surface area contributed by atoms with Gasteiger partial charge in [0, 0.05) is 23.7 Å². The quantitative estimate of drug-likeness (QED) is 0.431. The van der Waals surface area contributed by atoms with Crippen molar-refractivity contribution in [2.24, 2.45) is 0 Å². The van der Waals surface area contributed by atoms with Gasteiger partial charge in [-0.3, -0.25) is 9.59 Å². The van der Waals surface area contributed by atoms with Gasteiger partial charge in [-0.25, -0.2) is 0 Å².